The largest absolute Gasteiger partial charge is 0.336 e. The first kappa shape index (κ1) is 12.1. The maximum Gasteiger partial charge on any atom is 0.239 e. The maximum atomic E-state index is 12.0. The zero-order valence-electron chi connectivity index (χ0n) is 10.8. The summed E-state index contributed by atoms with van der Waals surface area (Å²) in [4.78, 5) is 13.9. The molecule has 92 valence electrons. The second-order valence-electron chi connectivity index (χ2n) is 4.87. The van der Waals surface area contributed by atoms with Crippen molar-refractivity contribution in [1.82, 2.24) is 10.2 Å². The number of rotatable bonds is 2. The lowest BCUT2D eigenvalue weighted by Gasteiger charge is -2.32. The van der Waals surface area contributed by atoms with Gasteiger partial charge in [-0.2, -0.15) is 0 Å². The van der Waals surface area contributed by atoms with Gasteiger partial charge in [0.1, 0.15) is 0 Å². The molecule has 17 heavy (non-hydrogen) atoms. The molecule has 3 nitrogen and oxygen atoms in total. The van der Waals surface area contributed by atoms with E-state index in [1.807, 2.05) is 11.8 Å². The number of amides is 1. The number of nitrogens with one attached hydrogen (secondary N) is 1. The molecule has 3 heteroatoms. The van der Waals surface area contributed by atoms with Gasteiger partial charge in [0.25, 0.3) is 0 Å². The molecule has 0 aliphatic carbocycles. The highest BCUT2D eigenvalue weighted by Crippen LogP contribution is 2.14. The first-order valence-electron chi connectivity index (χ1n) is 6.16. The van der Waals surface area contributed by atoms with Gasteiger partial charge in [-0.15, -0.1) is 0 Å². The van der Waals surface area contributed by atoms with Crippen LogP contribution in [-0.2, 0) is 11.3 Å². The van der Waals surface area contributed by atoms with Crippen molar-refractivity contribution in [2.45, 2.75) is 33.4 Å². The van der Waals surface area contributed by atoms with Gasteiger partial charge >= 0.3 is 0 Å². The van der Waals surface area contributed by atoms with Gasteiger partial charge in [0.2, 0.25) is 5.91 Å². The van der Waals surface area contributed by atoms with Crippen LogP contribution >= 0.6 is 0 Å². The summed E-state index contributed by atoms with van der Waals surface area (Å²) in [6.07, 6.45) is 0. The molecular weight excluding hydrogens is 212 g/mol. The summed E-state index contributed by atoms with van der Waals surface area (Å²) in [5.41, 5.74) is 3.77. The lowest BCUT2D eigenvalue weighted by atomic mass is 10.0. The molecule has 1 unspecified atom stereocenters. The molecule has 1 fully saturated rings. The molecule has 0 radical (unpaired) electrons. The zero-order chi connectivity index (χ0) is 12.4. The Balaban J connectivity index is 2.14. The summed E-state index contributed by atoms with van der Waals surface area (Å²) in [5, 5.41) is 3.18. The number of carbonyl (C=O) groups is 1. The highest BCUT2D eigenvalue weighted by Gasteiger charge is 2.24. The van der Waals surface area contributed by atoms with E-state index in [1.54, 1.807) is 0 Å². The third-order valence-corrected chi connectivity index (χ3v) is 3.38. The first-order chi connectivity index (χ1) is 8.08. The van der Waals surface area contributed by atoms with E-state index in [4.69, 9.17) is 0 Å². The van der Waals surface area contributed by atoms with Crippen molar-refractivity contribution in [1.29, 1.82) is 0 Å². The van der Waals surface area contributed by atoms with Crippen molar-refractivity contribution in [2.24, 2.45) is 0 Å². The highest BCUT2D eigenvalue weighted by atomic mass is 16.2. The molecule has 1 aliphatic heterocycles. The van der Waals surface area contributed by atoms with Crippen LogP contribution in [0.1, 0.15) is 23.6 Å². The van der Waals surface area contributed by atoms with Crippen LogP contribution in [-0.4, -0.2) is 29.9 Å². The Bertz CT molecular complexity index is 428. The summed E-state index contributed by atoms with van der Waals surface area (Å²) in [7, 11) is 0. The lowest BCUT2D eigenvalue weighted by Crippen LogP contribution is -2.53. The van der Waals surface area contributed by atoms with E-state index in [1.165, 1.54) is 16.7 Å². The molecule has 2 rings (SSSR count). The molecular formula is C14H20N2O. The second-order valence-corrected chi connectivity index (χ2v) is 4.87. The van der Waals surface area contributed by atoms with E-state index in [-0.39, 0.29) is 11.9 Å². The summed E-state index contributed by atoms with van der Waals surface area (Å²) in [6.45, 7) is 8.54. The number of hydrogen-bond acceptors (Lipinski definition) is 2. The molecule has 1 atom stereocenters. The number of aryl methyl sites for hydroxylation is 2. The average molecular weight is 232 g/mol. The number of piperazine rings is 1. The van der Waals surface area contributed by atoms with Crippen LogP contribution in [0.2, 0.25) is 0 Å². The van der Waals surface area contributed by atoms with E-state index < -0.39 is 0 Å². The Labute approximate surface area is 103 Å². The van der Waals surface area contributed by atoms with E-state index >= 15 is 0 Å². The van der Waals surface area contributed by atoms with E-state index in [0.717, 1.165) is 19.6 Å². The fourth-order valence-corrected chi connectivity index (χ4v) is 2.22. The van der Waals surface area contributed by atoms with Gasteiger partial charge in [-0.05, 0) is 31.9 Å². The van der Waals surface area contributed by atoms with Crippen LogP contribution < -0.4 is 5.32 Å². The minimum absolute atomic E-state index is 0.0473. The molecule has 0 bridgehead atoms. The molecule has 1 amide bonds. The molecule has 1 aromatic carbocycles. The van der Waals surface area contributed by atoms with Crippen LogP contribution in [0.4, 0.5) is 0 Å². The molecule has 1 aromatic rings. The van der Waals surface area contributed by atoms with Crippen molar-refractivity contribution in [3.05, 3.63) is 34.9 Å². The SMILES string of the molecule is Cc1ccc(C)c(CN2CCNC(C)C2=O)c1. The van der Waals surface area contributed by atoms with Gasteiger partial charge in [-0.3, -0.25) is 4.79 Å². The Hall–Kier alpha value is -1.35. The average Bonchev–Trinajstić information content (AvgIpc) is 2.30. The quantitative estimate of drug-likeness (QED) is 0.840. The Kier molecular flexibility index (Phi) is 3.48. The lowest BCUT2D eigenvalue weighted by molar-refractivity contribution is -0.135. The van der Waals surface area contributed by atoms with Crippen molar-refractivity contribution < 1.29 is 4.79 Å². The molecule has 1 heterocycles. The molecule has 1 saturated heterocycles. The third-order valence-electron chi connectivity index (χ3n) is 3.38. The number of nitrogens with zero attached hydrogens (tertiary/aromatic N) is 1. The van der Waals surface area contributed by atoms with Crippen molar-refractivity contribution >= 4 is 5.91 Å². The predicted octanol–water partition coefficient (Wildman–Crippen LogP) is 1.62. The zero-order valence-corrected chi connectivity index (χ0v) is 10.8. The number of carbonyl (C=O) groups excluding carboxylic acids is 1. The summed E-state index contributed by atoms with van der Waals surface area (Å²) >= 11 is 0. The summed E-state index contributed by atoms with van der Waals surface area (Å²) < 4.78 is 0. The number of hydrogen-bond donors (Lipinski definition) is 1. The normalized spacial score (nSPS) is 20.8. The molecule has 0 aromatic heterocycles. The topological polar surface area (TPSA) is 32.3 Å². The van der Waals surface area contributed by atoms with E-state index in [9.17, 15) is 4.79 Å². The van der Waals surface area contributed by atoms with Gasteiger partial charge in [-0.25, -0.2) is 0 Å². The minimum Gasteiger partial charge on any atom is -0.336 e. The van der Waals surface area contributed by atoms with E-state index in [2.05, 4.69) is 37.4 Å². The monoisotopic (exact) mass is 232 g/mol. The van der Waals surface area contributed by atoms with Crippen molar-refractivity contribution in [3.63, 3.8) is 0 Å². The molecule has 1 N–H and O–H groups in total. The fraction of sp³-hybridized carbons (Fsp3) is 0.500. The van der Waals surface area contributed by atoms with Gasteiger partial charge in [0.15, 0.2) is 0 Å². The molecule has 1 aliphatic rings. The summed E-state index contributed by atoms with van der Waals surface area (Å²) in [6, 6.07) is 6.37. The minimum atomic E-state index is -0.0473. The maximum absolute atomic E-state index is 12.0. The molecule has 0 saturated carbocycles. The Morgan fingerprint density at radius 2 is 2.18 bits per heavy atom. The Morgan fingerprint density at radius 1 is 1.41 bits per heavy atom. The van der Waals surface area contributed by atoms with Crippen LogP contribution in [0.3, 0.4) is 0 Å². The number of benzene rings is 1. The van der Waals surface area contributed by atoms with Crippen LogP contribution in [0.15, 0.2) is 18.2 Å². The Morgan fingerprint density at radius 3 is 2.94 bits per heavy atom. The van der Waals surface area contributed by atoms with Crippen LogP contribution in [0, 0.1) is 13.8 Å². The van der Waals surface area contributed by atoms with E-state index in [0.29, 0.717) is 0 Å². The van der Waals surface area contributed by atoms with Gasteiger partial charge in [-0.1, -0.05) is 23.8 Å². The first-order valence-corrected chi connectivity index (χ1v) is 6.16. The van der Waals surface area contributed by atoms with Crippen LogP contribution in [0.25, 0.3) is 0 Å². The molecule has 0 spiro atoms. The van der Waals surface area contributed by atoms with Gasteiger partial charge in [0.05, 0.1) is 6.04 Å². The van der Waals surface area contributed by atoms with Gasteiger partial charge < -0.3 is 10.2 Å². The van der Waals surface area contributed by atoms with Gasteiger partial charge in [0, 0.05) is 19.6 Å². The highest BCUT2D eigenvalue weighted by molar-refractivity contribution is 5.82. The van der Waals surface area contributed by atoms with Crippen LogP contribution in [0.5, 0.6) is 0 Å². The van der Waals surface area contributed by atoms with Crippen molar-refractivity contribution in [3.8, 4) is 0 Å². The smallest absolute Gasteiger partial charge is 0.239 e. The fourth-order valence-electron chi connectivity index (χ4n) is 2.22. The van der Waals surface area contributed by atoms with Crippen molar-refractivity contribution in [2.75, 3.05) is 13.1 Å². The second kappa shape index (κ2) is 4.88. The predicted molar refractivity (Wildman–Crippen MR) is 68.8 cm³/mol. The standard InChI is InChI=1S/C14H20N2O/c1-10-4-5-11(2)13(8-10)9-16-7-6-15-12(3)14(16)17/h4-5,8,12,15H,6-7,9H2,1-3H3. The summed E-state index contributed by atoms with van der Waals surface area (Å²) in [5.74, 6) is 0.206. The third kappa shape index (κ3) is 2.67.